The summed E-state index contributed by atoms with van der Waals surface area (Å²) in [7, 11) is -2.92. The van der Waals surface area contributed by atoms with E-state index in [-0.39, 0.29) is 6.61 Å². The second-order valence-electron chi connectivity index (χ2n) is 2.58. The maximum atomic E-state index is 10.3. The van der Waals surface area contributed by atoms with Crippen molar-refractivity contribution in [1.29, 1.82) is 0 Å². The summed E-state index contributed by atoms with van der Waals surface area (Å²) in [5, 5.41) is 0. The first kappa shape index (κ1) is 14.0. The van der Waals surface area contributed by atoms with Crippen molar-refractivity contribution >= 4 is 43.1 Å². The maximum absolute atomic E-state index is 10.3. The smallest absolute Gasteiger partial charge is 0.316 e. The molecule has 80 valence electrons. The fraction of sp³-hybridized carbons (Fsp3) is 1.00. The summed E-state index contributed by atoms with van der Waals surface area (Å²) in [5.41, 5.74) is 0. The van der Waals surface area contributed by atoms with E-state index in [0.717, 1.165) is 0 Å². The Morgan fingerprint density at radius 3 is 2.08 bits per heavy atom. The van der Waals surface area contributed by atoms with Crippen LogP contribution in [0, 0.1) is 0 Å². The molecule has 1 unspecified atom stereocenters. The Morgan fingerprint density at radius 2 is 1.77 bits per heavy atom. The van der Waals surface area contributed by atoms with Gasteiger partial charge in [0.2, 0.25) is 0 Å². The monoisotopic (exact) mass is 268 g/mol. The van der Waals surface area contributed by atoms with Gasteiger partial charge in [0.05, 0.1) is 11.5 Å². The zero-order valence-electron chi connectivity index (χ0n) is 6.93. The van der Waals surface area contributed by atoms with Gasteiger partial charge in [0.1, 0.15) is 0 Å². The molecule has 0 saturated carbocycles. The van der Waals surface area contributed by atoms with Gasteiger partial charge in [0.15, 0.2) is 0 Å². The van der Waals surface area contributed by atoms with Gasteiger partial charge in [-0.05, 0) is 12.8 Å². The van der Waals surface area contributed by atoms with Crippen molar-refractivity contribution in [1.82, 2.24) is 0 Å². The van der Waals surface area contributed by atoms with Gasteiger partial charge in [0.25, 0.3) is 0 Å². The molecule has 0 rings (SSSR count). The van der Waals surface area contributed by atoms with Gasteiger partial charge >= 0.3 is 8.25 Å². The maximum Gasteiger partial charge on any atom is 0.316 e. The van der Waals surface area contributed by atoms with Crippen LogP contribution < -0.4 is 0 Å². The van der Waals surface area contributed by atoms with Crippen LogP contribution in [0.1, 0.15) is 12.8 Å². The number of alkyl halides is 3. The molecule has 0 amide bonds. The quantitative estimate of drug-likeness (QED) is 0.571. The van der Waals surface area contributed by atoms with E-state index in [2.05, 4.69) is 4.52 Å². The molecule has 0 aromatic rings. The van der Waals surface area contributed by atoms with Crippen molar-refractivity contribution < 1.29 is 14.0 Å². The van der Waals surface area contributed by atoms with E-state index in [1.54, 1.807) is 0 Å². The molecule has 0 heterocycles. The second kappa shape index (κ2) is 7.33. The highest BCUT2D eigenvalue weighted by atomic mass is 35.5. The summed E-state index contributed by atoms with van der Waals surface area (Å²) in [6.45, 7) is 0.00227. The first-order valence-corrected chi connectivity index (χ1v) is 6.42. The average Bonchev–Trinajstić information content (AvgIpc) is 2.02. The third kappa shape index (κ3) is 7.01. The van der Waals surface area contributed by atoms with E-state index in [1.807, 2.05) is 0 Å². The first-order valence-electron chi connectivity index (χ1n) is 3.70. The number of halogens is 3. The highest BCUT2D eigenvalue weighted by molar-refractivity contribution is 7.32. The van der Waals surface area contributed by atoms with Crippen LogP contribution in [0.25, 0.3) is 0 Å². The van der Waals surface area contributed by atoms with Crippen molar-refractivity contribution in [3.8, 4) is 0 Å². The summed E-state index contributed by atoms with van der Waals surface area (Å²) in [4.78, 5) is 7.74. The van der Waals surface area contributed by atoms with Gasteiger partial charge in [-0.3, -0.25) is 4.57 Å². The summed E-state index contributed by atoms with van der Waals surface area (Å²) >= 11 is 17.1. The Morgan fingerprint density at radius 1 is 1.31 bits per heavy atom. The van der Waals surface area contributed by atoms with Gasteiger partial charge in [-0.15, -0.1) is 34.8 Å². The summed E-state index contributed by atoms with van der Waals surface area (Å²) < 4.78 is 14.9. The van der Waals surface area contributed by atoms with Crippen LogP contribution in [0.5, 0.6) is 0 Å². The SMILES string of the molecule is O=[PH](O)OCC(Cl)(CCCl)CCCl. The lowest BCUT2D eigenvalue weighted by Crippen LogP contribution is -2.28. The molecule has 0 aromatic heterocycles. The van der Waals surface area contributed by atoms with Gasteiger partial charge in [-0.2, -0.15) is 0 Å². The Hall–Kier alpha value is 1.02. The summed E-state index contributed by atoms with van der Waals surface area (Å²) in [6.07, 6.45) is 0.996. The largest absolute Gasteiger partial charge is 0.326 e. The lowest BCUT2D eigenvalue weighted by molar-refractivity contribution is 0.239. The second-order valence-corrected chi connectivity index (χ2v) is 4.96. The Balaban J connectivity index is 3.98. The van der Waals surface area contributed by atoms with E-state index >= 15 is 0 Å². The lowest BCUT2D eigenvalue weighted by atomic mass is 10.0. The molecule has 0 spiro atoms. The predicted molar refractivity (Wildman–Crippen MR) is 56.4 cm³/mol. The van der Waals surface area contributed by atoms with Crippen LogP contribution in [0.15, 0.2) is 0 Å². The minimum atomic E-state index is -2.92. The molecule has 1 N–H and O–H groups in total. The van der Waals surface area contributed by atoms with Gasteiger partial charge in [0, 0.05) is 11.8 Å². The number of hydrogen-bond donors (Lipinski definition) is 1. The first-order chi connectivity index (χ1) is 6.04. The Labute approximate surface area is 93.3 Å². The Bertz CT molecular complexity index is 161. The van der Waals surface area contributed by atoms with E-state index < -0.39 is 13.1 Å². The highest BCUT2D eigenvalue weighted by Crippen LogP contribution is 2.29. The average molecular weight is 269 g/mol. The van der Waals surface area contributed by atoms with Gasteiger partial charge < -0.3 is 9.42 Å². The molecule has 0 aliphatic rings. The molecular weight excluding hydrogens is 257 g/mol. The molecule has 0 fully saturated rings. The molecule has 7 heteroatoms. The molecule has 0 aromatic carbocycles. The molecule has 0 radical (unpaired) electrons. The van der Waals surface area contributed by atoms with Crippen LogP contribution in [-0.2, 0) is 9.09 Å². The van der Waals surface area contributed by atoms with Crippen molar-refractivity contribution in [2.45, 2.75) is 17.7 Å². The summed E-state index contributed by atoms with van der Waals surface area (Å²) in [6, 6.07) is 0. The Kier molecular flexibility index (Phi) is 7.90. The molecule has 0 aliphatic heterocycles. The van der Waals surface area contributed by atoms with Crippen molar-refractivity contribution in [3.05, 3.63) is 0 Å². The normalized spacial score (nSPS) is 14.5. The van der Waals surface area contributed by atoms with Gasteiger partial charge in [-0.25, -0.2) is 0 Å². The minimum Gasteiger partial charge on any atom is -0.326 e. The summed E-state index contributed by atoms with van der Waals surface area (Å²) in [5.74, 6) is 0.742. The molecule has 0 aliphatic carbocycles. The lowest BCUT2D eigenvalue weighted by Gasteiger charge is -2.24. The zero-order valence-corrected chi connectivity index (χ0v) is 10.2. The van der Waals surface area contributed by atoms with E-state index in [0.29, 0.717) is 24.6 Å². The van der Waals surface area contributed by atoms with Crippen LogP contribution in [0.2, 0.25) is 0 Å². The fourth-order valence-corrected chi connectivity index (χ4v) is 2.45. The fourth-order valence-electron chi connectivity index (χ4n) is 0.799. The zero-order chi connectivity index (χ0) is 10.3. The van der Waals surface area contributed by atoms with Crippen molar-refractivity contribution in [2.24, 2.45) is 0 Å². The predicted octanol–water partition coefficient (Wildman–Crippen LogP) is 2.62. The topological polar surface area (TPSA) is 46.5 Å². The van der Waals surface area contributed by atoms with E-state index in [9.17, 15) is 4.57 Å². The van der Waals surface area contributed by atoms with Crippen LogP contribution in [0.4, 0.5) is 0 Å². The van der Waals surface area contributed by atoms with Crippen LogP contribution in [-0.4, -0.2) is 28.1 Å². The van der Waals surface area contributed by atoms with Crippen molar-refractivity contribution in [3.63, 3.8) is 0 Å². The third-order valence-electron chi connectivity index (χ3n) is 1.54. The molecule has 0 saturated heterocycles. The van der Waals surface area contributed by atoms with Crippen LogP contribution >= 0.6 is 43.1 Å². The molecule has 1 atom stereocenters. The van der Waals surface area contributed by atoms with Crippen molar-refractivity contribution in [2.75, 3.05) is 18.4 Å². The third-order valence-corrected chi connectivity index (χ3v) is 2.80. The number of hydrogen-bond acceptors (Lipinski definition) is 2. The number of rotatable bonds is 7. The van der Waals surface area contributed by atoms with Crippen LogP contribution in [0.3, 0.4) is 0 Å². The van der Waals surface area contributed by atoms with E-state index in [1.165, 1.54) is 0 Å². The molecular formula is C6H12Cl3O3P. The molecule has 13 heavy (non-hydrogen) atoms. The van der Waals surface area contributed by atoms with Gasteiger partial charge in [-0.1, -0.05) is 0 Å². The standard InChI is InChI=1S/C6H12Cl3O3P/c7-3-1-6(9,2-4-8)5-12-13(10)11/h13H,1-5H2,(H,10,11). The minimum absolute atomic E-state index is 0.00227. The van der Waals surface area contributed by atoms with E-state index in [4.69, 9.17) is 39.7 Å². The molecule has 0 bridgehead atoms. The molecule has 3 nitrogen and oxygen atoms in total. The highest BCUT2D eigenvalue weighted by Gasteiger charge is 2.27.